The van der Waals surface area contributed by atoms with E-state index in [2.05, 4.69) is 5.32 Å². The van der Waals surface area contributed by atoms with Crippen molar-refractivity contribution in [3.05, 3.63) is 29.6 Å². The number of hydrogen-bond donors (Lipinski definition) is 3. The number of carbonyl (C=O) groups is 2. The lowest BCUT2D eigenvalue weighted by Crippen LogP contribution is -2.33. The molecule has 0 spiro atoms. The van der Waals surface area contributed by atoms with Crippen molar-refractivity contribution in [1.82, 2.24) is 5.32 Å². The highest BCUT2D eigenvalue weighted by Crippen LogP contribution is 2.27. The van der Waals surface area contributed by atoms with Gasteiger partial charge in [0.25, 0.3) is 5.91 Å². The van der Waals surface area contributed by atoms with Crippen LogP contribution in [-0.4, -0.2) is 28.1 Å². The maximum absolute atomic E-state index is 13.5. The fourth-order valence-electron chi connectivity index (χ4n) is 2.33. The van der Waals surface area contributed by atoms with E-state index < -0.39 is 34.9 Å². The van der Waals surface area contributed by atoms with Crippen LogP contribution in [0.2, 0.25) is 0 Å². The average molecular weight is 267 g/mol. The standard InChI is InChI=1S/C13H14FNO4/c14-9-2-1-3-10(16)11(9)12(17)15-8-5-4-7(6-8)13(18)19/h1-3,7-8,16H,4-6H2,(H,15,17)(H,18,19). The zero-order valence-corrected chi connectivity index (χ0v) is 10.1. The summed E-state index contributed by atoms with van der Waals surface area (Å²) < 4.78 is 13.5. The van der Waals surface area contributed by atoms with Crippen LogP contribution in [-0.2, 0) is 4.79 Å². The lowest BCUT2D eigenvalue weighted by Gasteiger charge is -2.13. The Bertz CT molecular complexity index is 497. The molecule has 6 heteroatoms. The number of nitrogens with one attached hydrogen (secondary N) is 1. The van der Waals surface area contributed by atoms with E-state index in [9.17, 15) is 19.1 Å². The molecule has 0 heterocycles. The van der Waals surface area contributed by atoms with E-state index in [4.69, 9.17) is 5.11 Å². The third kappa shape index (κ3) is 2.83. The normalized spacial score (nSPS) is 22.2. The molecule has 2 unspecified atom stereocenters. The largest absolute Gasteiger partial charge is 0.507 e. The summed E-state index contributed by atoms with van der Waals surface area (Å²) in [5.41, 5.74) is -0.402. The summed E-state index contributed by atoms with van der Waals surface area (Å²) in [5.74, 6) is -3.30. The van der Waals surface area contributed by atoms with E-state index in [0.717, 1.165) is 6.07 Å². The first-order valence-electron chi connectivity index (χ1n) is 6.00. The maximum Gasteiger partial charge on any atom is 0.306 e. The minimum absolute atomic E-state index is 0.299. The van der Waals surface area contributed by atoms with Crippen molar-refractivity contribution in [2.45, 2.75) is 25.3 Å². The average Bonchev–Trinajstić information content (AvgIpc) is 2.77. The predicted molar refractivity (Wildman–Crippen MR) is 64.3 cm³/mol. The summed E-state index contributed by atoms with van der Waals surface area (Å²) >= 11 is 0. The predicted octanol–water partition coefficient (Wildman–Crippen LogP) is 1.51. The van der Waals surface area contributed by atoms with Gasteiger partial charge < -0.3 is 15.5 Å². The Morgan fingerprint density at radius 1 is 1.32 bits per heavy atom. The van der Waals surface area contributed by atoms with Gasteiger partial charge in [0.2, 0.25) is 0 Å². The molecule has 0 aliphatic heterocycles. The molecular formula is C13H14FNO4. The SMILES string of the molecule is O=C(NC1CCC(C(=O)O)C1)c1c(O)cccc1F. The van der Waals surface area contributed by atoms with Gasteiger partial charge in [-0.05, 0) is 31.4 Å². The van der Waals surface area contributed by atoms with Gasteiger partial charge in [-0.1, -0.05) is 6.07 Å². The zero-order chi connectivity index (χ0) is 14.0. The number of carboxylic acids is 1. The van der Waals surface area contributed by atoms with Crippen LogP contribution in [0, 0.1) is 11.7 Å². The van der Waals surface area contributed by atoms with Gasteiger partial charge in [-0.25, -0.2) is 4.39 Å². The summed E-state index contributed by atoms with van der Waals surface area (Å²) in [6, 6.07) is 3.32. The number of aliphatic carboxylic acids is 1. The number of carbonyl (C=O) groups excluding carboxylic acids is 1. The number of benzene rings is 1. The Hall–Kier alpha value is -2.11. The van der Waals surface area contributed by atoms with Crippen molar-refractivity contribution in [3.63, 3.8) is 0 Å². The third-order valence-corrected chi connectivity index (χ3v) is 3.34. The van der Waals surface area contributed by atoms with Crippen LogP contribution in [0.25, 0.3) is 0 Å². The van der Waals surface area contributed by atoms with Crippen molar-refractivity contribution >= 4 is 11.9 Å². The van der Waals surface area contributed by atoms with Crippen molar-refractivity contribution in [2.75, 3.05) is 0 Å². The Kier molecular flexibility index (Phi) is 3.69. The molecule has 1 aliphatic rings. The molecule has 2 rings (SSSR count). The monoisotopic (exact) mass is 267 g/mol. The topological polar surface area (TPSA) is 86.6 Å². The molecule has 19 heavy (non-hydrogen) atoms. The molecule has 0 bridgehead atoms. The molecule has 1 saturated carbocycles. The quantitative estimate of drug-likeness (QED) is 0.774. The van der Waals surface area contributed by atoms with Gasteiger partial charge in [-0.3, -0.25) is 9.59 Å². The lowest BCUT2D eigenvalue weighted by atomic mass is 10.1. The van der Waals surface area contributed by atoms with Crippen LogP contribution >= 0.6 is 0 Å². The smallest absolute Gasteiger partial charge is 0.306 e. The van der Waals surface area contributed by atoms with Gasteiger partial charge in [0.1, 0.15) is 17.1 Å². The minimum Gasteiger partial charge on any atom is -0.507 e. The van der Waals surface area contributed by atoms with Gasteiger partial charge in [-0.15, -0.1) is 0 Å². The number of hydrogen-bond acceptors (Lipinski definition) is 3. The fourth-order valence-corrected chi connectivity index (χ4v) is 2.33. The van der Waals surface area contributed by atoms with Gasteiger partial charge in [0, 0.05) is 6.04 Å². The van der Waals surface area contributed by atoms with Crippen LogP contribution in [0.4, 0.5) is 4.39 Å². The molecule has 1 aliphatic carbocycles. The van der Waals surface area contributed by atoms with Gasteiger partial charge in [0.05, 0.1) is 5.92 Å². The number of rotatable bonds is 3. The summed E-state index contributed by atoms with van der Waals surface area (Å²) in [6.07, 6.45) is 1.36. The van der Waals surface area contributed by atoms with Gasteiger partial charge >= 0.3 is 5.97 Å². The van der Waals surface area contributed by atoms with Gasteiger partial charge in [0.15, 0.2) is 0 Å². The Balaban J connectivity index is 2.05. The van der Waals surface area contributed by atoms with E-state index in [1.807, 2.05) is 0 Å². The molecule has 1 aromatic rings. The Morgan fingerprint density at radius 2 is 2.05 bits per heavy atom. The molecule has 1 aromatic carbocycles. The molecule has 0 saturated heterocycles. The minimum atomic E-state index is -0.884. The fraction of sp³-hybridized carbons (Fsp3) is 0.385. The first-order valence-corrected chi connectivity index (χ1v) is 6.00. The van der Waals surface area contributed by atoms with E-state index >= 15 is 0 Å². The number of amides is 1. The number of aromatic hydroxyl groups is 1. The number of phenolic OH excluding ortho intramolecular Hbond substituents is 1. The van der Waals surface area contributed by atoms with Crippen LogP contribution in [0.3, 0.4) is 0 Å². The van der Waals surface area contributed by atoms with Crippen molar-refractivity contribution in [1.29, 1.82) is 0 Å². The molecule has 0 aromatic heterocycles. The van der Waals surface area contributed by atoms with Crippen LogP contribution in [0.1, 0.15) is 29.6 Å². The van der Waals surface area contributed by atoms with E-state index in [1.54, 1.807) is 0 Å². The highest BCUT2D eigenvalue weighted by Gasteiger charge is 2.31. The molecule has 102 valence electrons. The van der Waals surface area contributed by atoms with Gasteiger partial charge in [-0.2, -0.15) is 0 Å². The van der Waals surface area contributed by atoms with Crippen molar-refractivity contribution in [2.24, 2.45) is 5.92 Å². The molecule has 1 fully saturated rings. The number of phenols is 1. The Labute approximate surface area is 109 Å². The molecule has 0 radical (unpaired) electrons. The molecule has 5 nitrogen and oxygen atoms in total. The van der Waals surface area contributed by atoms with Crippen LogP contribution < -0.4 is 5.32 Å². The van der Waals surface area contributed by atoms with E-state index in [-0.39, 0.29) is 6.04 Å². The first kappa shape index (κ1) is 13.3. The summed E-state index contributed by atoms with van der Waals surface area (Å²) in [6.45, 7) is 0. The van der Waals surface area contributed by atoms with Crippen LogP contribution in [0.15, 0.2) is 18.2 Å². The summed E-state index contributed by atoms with van der Waals surface area (Å²) in [5, 5.41) is 20.9. The Morgan fingerprint density at radius 3 is 2.63 bits per heavy atom. The van der Waals surface area contributed by atoms with Crippen molar-refractivity contribution < 1.29 is 24.2 Å². The van der Waals surface area contributed by atoms with Crippen LogP contribution in [0.5, 0.6) is 5.75 Å². The second kappa shape index (κ2) is 5.26. The molecule has 3 N–H and O–H groups in total. The highest BCUT2D eigenvalue weighted by molar-refractivity contribution is 5.97. The maximum atomic E-state index is 13.5. The van der Waals surface area contributed by atoms with E-state index in [1.165, 1.54) is 12.1 Å². The molecule has 1 amide bonds. The molecule has 2 atom stereocenters. The second-order valence-corrected chi connectivity index (χ2v) is 4.65. The summed E-state index contributed by atoms with van der Waals surface area (Å²) in [7, 11) is 0. The number of carboxylic acid groups (broad SMARTS) is 1. The zero-order valence-electron chi connectivity index (χ0n) is 10.1. The third-order valence-electron chi connectivity index (χ3n) is 3.34. The first-order chi connectivity index (χ1) is 8.99. The molecular weight excluding hydrogens is 253 g/mol. The highest BCUT2D eigenvalue weighted by atomic mass is 19.1. The van der Waals surface area contributed by atoms with E-state index in [0.29, 0.717) is 19.3 Å². The van der Waals surface area contributed by atoms with Crippen molar-refractivity contribution in [3.8, 4) is 5.75 Å². The lowest BCUT2D eigenvalue weighted by molar-refractivity contribution is -0.141. The number of halogens is 1. The summed E-state index contributed by atoms with van der Waals surface area (Å²) in [4.78, 5) is 22.7. The second-order valence-electron chi connectivity index (χ2n) is 4.65.